The lowest BCUT2D eigenvalue weighted by Gasteiger charge is -2.08. The molecule has 0 bridgehead atoms. The largest absolute Gasteiger partial charge is 0.295 e. The summed E-state index contributed by atoms with van der Waals surface area (Å²) in [6, 6.07) is 8.26. The SMILES string of the molecule is O=C(NNc1cccc(F)c1F)c1cn(-c2cc(Cl)ccc2Cl)nn1. The maximum atomic E-state index is 13.5. The van der Waals surface area contributed by atoms with E-state index in [0.29, 0.717) is 15.7 Å². The summed E-state index contributed by atoms with van der Waals surface area (Å²) in [6.07, 6.45) is 1.32. The first-order valence-corrected chi connectivity index (χ1v) is 7.59. The van der Waals surface area contributed by atoms with Crippen LogP contribution >= 0.6 is 23.2 Å². The third-order valence-electron chi connectivity index (χ3n) is 3.14. The number of benzene rings is 2. The van der Waals surface area contributed by atoms with Gasteiger partial charge >= 0.3 is 0 Å². The molecular weight excluding hydrogens is 375 g/mol. The van der Waals surface area contributed by atoms with E-state index in [9.17, 15) is 13.6 Å². The predicted octanol–water partition coefficient (Wildman–Crippen LogP) is 3.61. The van der Waals surface area contributed by atoms with Crippen molar-refractivity contribution in [1.29, 1.82) is 0 Å². The van der Waals surface area contributed by atoms with Crippen molar-refractivity contribution in [2.24, 2.45) is 0 Å². The van der Waals surface area contributed by atoms with Crippen LogP contribution in [-0.4, -0.2) is 20.9 Å². The fourth-order valence-corrected chi connectivity index (χ4v) is 2.31. The molecule has 128 valence electrons. The van der Waals surface area contributed by atoms with Gasteiger partial charge in [0.15, 0.2) is 17.3 Å². The molecule has 0 saturated heterocycles. The third kappa shape index (κ3) is 3.70. The zero-order chi connectivity index (χ0) is 18.0. The van der Waals surface area contributed by atoms with Gasteiger partial charge in [0, 0.05) is 5.02 Å². The number of hydrogen-bond acceptors (Lipinski definition) is 4. The molecule has 0 spiro atoms. The van der Waals surface area contributed by atoms with Crippen LogP contribution in [0, 0.1) is 11.6 Å². The number of rotatable bonds is 4. The van der Waals surface area contributed by atoms with Gasteiger partial charge in [-0.15, -0.1) is 5.10 Å². The molecule has 10 heteroatoms. The van der Waals surface area contributed by atoms with E-state index in [0.717, 1.165) is 6.07 Å². The highest BCUT2D eigenvalue weighted by Crippen LogP contribution is 2.23. The summed E-state index contributed by atoms with van der Waals surface area (Å²) >= 11 is 12.0. The first-order chi connectivity index (χ1) is 12.0. The van der Waals surface area contributed by atoms with Gasteiger partial charge in [0.05, 0.1) is 22.6 Å². The number of nitrogens with one attached hydrogen (secondary N) is 2. The van der Waals surface area contributed by atoms with Crippen molar-refractivity contribution in [3.63, 3.8) is 0 Å². The first kappa shape index (κ1) is 17.1. The van der Waals surface area contributed by atoms with Gasteiger partial charge in [0.2, 0.25) is 0 Å². The van der Waals surface area contributed by atoms with Crippen molar-refractivity contribution < 1.29 is 13.6 Å². The summed E-state index contributed by atoms with van der Waals surface area (Å²) in [6.45, 7) is 0. The molecule has 0 fully saturated rings. The molecule has 0 atom stereocenters. The Morgan fingerprint density at radius 3 is 2.76 bits per heavy atom. The Morgan fingerprint density at radius 2 is 1.96 bits per heavy atom. The fourth-order valence-electron chi connectivity index (χ4n) is 1.94. The Hall–Kier alpha value is -2.71. The van der Waals surface area contributed by atoms with E-state index in [1.54, 1.807) is 18.2 Å². The molecule has 6 nitrogen and oxygen atoms in total. The molecule has 25 heavy (non-hydrogen) atoms. The molecule has 1 amide bonds. The van der Waals surface area contributed by atoms with Crippen molar-refractivity contribution in [2.45, 2.75) is 0 Å². The normalized spacial score (nSPS) is 10.6. The number of anilines is 1. The molecule has 2 N–H and O–H groups in total. The Kier molecular flexibility index (Phi) is 4.82. The smallest absolute Gasteiger partial charge is 0.291 e. The number of aromatic nitrogens is 3. The maximum absolute atomic E-state index is 13.5. The average molecular weight is 384 g/mol. The van der Waals surface area contributed by atoms with Crippen LogP contribution in [0.1, 0.15) is 10.5 Å². The van der Waals surface area contributed by atoms with Gasteiger partial charge in [0.1, 0.15) is 0 Å². The van der Waals surface area contributed by atoms with Crippen molar-refractivity contribution in [2.75, 3.05) is 5.43 Å². The molecule has 3 rings (SSSR count). The van der Waals surface area contributed by atoms with E-state index < -0.39 is 17.5 Å². The minimum atomic E-state index is -1.11. The lowest BCUT2D eigenvalue weighted by atomic mass is 10.3. The van der Waals surface area contributed by atoms with Crippen molar-refractivity contribution in [3.8, 4) is 5.69 Å². The van der Waals surface area contributed by atoms with Crippen LogP contribution in [-0.2, 0) is 0 Å². The van der Waals surface area contributed by atoms with Gasteiger partial charge < -0.3 is 0 Å². The summed E-state index contributed by atoms with van der Waals surface area (Å²) in [5.74, 6) is -2.86. The summed E-state index contributed by atoms with van der Waals surface area (Å²) in [7, 11) is 0. The zero-order valence-electron chi connectivity index (χ0n) is 12.3. The van der Waals surface area contributed by atoms with Crippen LogP contribution in [0.15, 0.2) is 42.6 Å². The van der Waals surface area contributed by atoms with E-state index >= 15 is 0 Å². The topological polar surface area (TPSA) is 71.8 Å². The molecule has 0 aliphatic rings. The number of amides is 1. The second-order valence-electron chi connectivity index (χ2n) is 4.82. The van der Waals surface area contributed by atoms with Crippen LogP contribution in [0.2, 0.25) is 10.0 Å². The molecule has 0 radical (unpaired) electrons. The molecule has 0 aliphatic heterocycles. The number of halogens is 4. The quantitative estimate of drug-likeness (QED) is 0.675. The molecule has 2 aromatic carbocycles. The Bertz CT molecular complexity index is 947. The highest BCUT2D eigenvalue weighted by molar-refractivity contribution is 6.34. The van der Waals surface area contributed by atoms with E-state index in [4.69, 9.17) is 23.2 Å². The van der Waals surface area contributed by atoms with Gasteiger partial charge in [-0.05, 0) is 30.3 Å². The standard InChI is InChI=1S/C15H9Cl2F2N5O/c16-8-4-5-9(17)13(6-8)24-7-12(21-23-24)15(25)22-20-11-3-1-2-10(18)14(11)19/h1-7,20H,(H,22,25). The van der Waals surface area contributed by atoms with Gasteiger partial charge in [-0.1, -0.05) is 34.5 Å². The number of nitrogens with zero attached hydrogens (tertiary/aromatic N) is 3. The van der Waals surface area contributed by atoms with E-state index in [1.165, 1.54) is 23.0 Å². The molecule has 1 heterocycles. The van der Waals surface area contributed by atoms with Gasteiger partial charge in [-0.25, -0.2) is 13.5 Å². The van der Waals surface area contributed by atoms with E-state index in [2.05, 4.69) is 21.2 Å². The van der Waals surface area contributed by atoms with Crippen LogP contribution in [0.5, 0.6) is 0 Å². The van der Waals surface area contributed by atoms with Crippen molar-refractivity contribution in [1.82, 2.24) is 20.4 Å². The summed E-state index contributed by atoms with van der Waals surface area (Å²) in [4.78, 5) is 12.0. The molecule has 0 aliphatic carbocycles. The highest BCUT2D eigenvalue weighted by atomic mass is 35.5. The number of carbonyl (C=O) groups excluding carboxylic acids is 1. The summed E-state index contributed by atoms with van der Waals surface area (Å²) in [5.41, 5.74) is 4.63. The number of hydrazine groups is 1. The molecular formula is C15H9Cl2F2N5O. The fraction of sp³-hybridized carbons (Fsp3) is 0. The Morgan fingerprint density at radius 1 is 1.16 bits per heavy atom. The number of hydrogen-bond donors (Lipinski definition) is 2. The average Bonchev–Trinajstić information content (AvgIpc) is 3.08. The minimum absolute atomic E-state index is 0.0691. The Labute approximate surface area is 150 Å². The van der Waals surface area contributed by atoms with Crippen molar-refractivity contribution in [3.05, 3.63) is 70.0 Å². The second-order valence-corrected chi connectivity index (χ2v) is 5.67. The minimum Gasteiger partial charge on any atom is -0.295 e. The van der Waals surface area contributed by atoms with Gasteiger partial charge in [-0.3, -0.25) is 15.6 Å². The second kappa shape index (κ2) is 7.04. The van der Waals surface area contributed by atoms with Crippen LogP contribution < -0.4 is 10.9 Å². The highest BCUT2D eigenvalue weighted by Gasteiger charge is 2.14. The summed E-state index contributed by atoms with van der Waals surface area (Å²) < 4.78 is 27.9. The first-order valence-electron chi connectivity index (χ1n) is 6.84. The van der Waals surface area contributed by atoms with Crippen LogP contribution in [0.3, 0.4) is 0 Å². The maximum Gasteiger partial charge on any atom is 0.291 e. The van der Waals surface area contributed by atoms with Gasteiger partial charge in [-0.2, -0.15) is 0 Å². The van der Waals surface area contributed by atoms with E-state index in [1.807, 2.05) is 0 Å². The van der Waals surface area contributed by atoms with Crippen molar-refractivity contribution >= 4 is 34.8 Å². The summed E-state index contributed by atoms with van der Waals surface area (Å²) in [5, 5.41) is 8.30. The lowest BCUT2D eigenvalue weighted by Crippen LogP contribution is -2.30. The lowest BCUT2D eigenvalue weighted by molar-refractivity contribution is 0.0957. The predicted molar refractivity (Wildman–Crippen MR) is 88.8 cm³/mol. The zero-order valence-corrected chi connectivity index (χ0v) is 13.8. The molecule has 1 aromatic heterocycles. The molecule has 3 aromatic rings. The van der Waals surface area contributed by atoms with E-state index in [-0.39, 0.29) is 11.4 Å². The molecule has 0 unspecified atom stereocenters. The monoisotopic (exact) mass is 383 g/mol. The molecule has 0 saturated carbocycles. The Balaban J connectivity index is 1.75. The van der Waals surface area contributed by atoms with Crippen LogP contribution in [0.25, 0.3) is 5.69 Å². The van der Waals surface area contributed by atoms with Crippen LogP contribution in [0.4, 0.5) is 14.5 Å². The third-order valence-corrected chi connectivity index (χ3v) is 3.70. The number of carbonyl (C=O) groups is 1. The van der Waals surface area contributed by atoms with Gasteiger partial charge in [0.25, 0.3) is 5.91 Å².